The zero-order valence-corrected chi connectivity index (χ0v) is 17.8. The van der Waals surface area contributed by atoms with Crippen LogP contribution in [0.2, 0.25) is 0 Å². The lowest BCUT2D eigenvalue weighted by atomic mass is 10.2. The summed E-state index contributed by atoms with van der Waals surface area (Å²) in [6.07, 6.45) is 0. The monoisotopic (exact) mass is 405 g/mol. The molecule has 6 heteroatoms. The summed E-state index contributed by atoms with van der Waals surface area (Å²) in [5, 5.41) is 2.83. The summed E-state index contributed by atoms with van der Waals surface area (Å²) in [7, 11) is 1.55. The lowest BCUT2D eigenvalue weighted by molar-refractivity contribution is -0.116. The SMILES string of the molecule is CCN(CC(=O)Nc1ccccc1OC)C(=O)c1cc(C)n(-c2ccccc2)c1C. The van der Waals surface area contributed by atoms with Crippen LogP contribution in [0.4, 0.5) is 5.69 Å². The second-order valence-corrected chi connectivity index (χ2v) is 7.02. The molecule has 30 heavy (non-hydrogen) atoms. The first-order valence-corrected chi connectivity index (χ1v) is 9.92. The molecule has 6 nitrogen and oxygen atoms in total. The summed E-state index contributed by atoms with van der Waals surface area (Å²) < 4.78 is 7.32. The van der Waals surface area contributed by atoms with E-state index in [2.05, 4.69) is 9.88 Å². The van der Waals surface area contributed by atoms with Gasteiger partial charge in [0.05, 0.1) is 18.4 Å². The van der Waals surface area contributed by atoms with Crippen LogP contribution in [-0.2, 0) is 4.79 Å². The fourth-order valence-electron chi connectivity index (χ4n) is 3.56. The Kier molecular flexibility index (Phi) is 6.57. The molecular weight excluding hydrogens is 378 g/mol. The maximum atomic E-state index is 13.2. The van der Waals surface area contributed by atoms with Gasteiger partial charge in [0.1, 0.15) is 12.3 Å². The van der Waals surface area contributed by atoms with Gasteiger partial charge in [0.15, 0.2) is 0 Å². The van der Waals surface area contributed by atoms with Crippen molar-refractivity contribution >= 4 is 17.5 Å². The van der Waals surface area contributed by atoms with Gasteiger partial charge in [0.25, 0.3) is 5.91 Å². The van der Waals surface area contributed by atoms with Gasteiger partial charge in [-0.3, -0.25) is 9.59 Å². The molecule has 0 atom stereocenters. The van der Waals surface area contributed by atoms with E-state index >= 15 is 0 Å². The zero-order chi connectivity index (χ0) is 21.7. The number of ether oxygens (including phenoxy) is 1. The standard InChI is InChI=1S/C24H27N3O3/c1-5-26(16-23(28)25-21-13-9-10-14-22(21)30-4)24(29)20-15-17(2)27(18(20)3)19-11-7-6-8-12-19/h6-15H,5,16H2,1-4H3,(H,25,28). The molecule has 0 radical (unpaired) electrons. The van der Waals surface area contributed by atoms with E-state index in [1.54, 1.807) is 24.1 Å². The highest BCUT2D eigenvalue weighted by atomic mass is 16.5. The number of amides is 2. The van der Waals surface area contributed by atoms with Crippen molar-refractivity contribution in [3.8, 4) is 11.4 Å². The van der Waals surface area contributed by atoms with Gasteiger partial charge in [-0.15, -0.1) is 0 Å². The average molecular weight is 405 g/mol. The summed E-state index contributed by atoms with van der Waals surface area (Å²) >= 11 is 0. The Morgan fingerprint density at radius 1 is 1.03 bits per heavy atom. The molecule has 0 aliphatic carbocycles. The van der Waals surface area contributed by atoms with Crippen LogP contribution in [0.5, 0.6) is 5.75 Å². The normalized spacial score (nSPS) is 10.5. The Balaban J connectivity index is 1.79. The van der Waals surface area contributed by atoms with Gasteiger partial charge < -0.3 is 19.5 Å². The smallest absolute Gasteiger partial charge is 0.256 e. The second kappa shape index (κ2) is 9.31. The predicted molar refractivity (Wildman–Crippen MR) is 118 cm³/mol. The number of methoxy groups -OCH3 is 1. The largest absolute Gasteiger partial charge is 0.495 e. The van der Waals surface area contributed by atoms with E-state index < -0.39 is 0 Å². The average Bonchev–Trinajstić information content (AvgIpc) is 3.06. The molecule has 0 saturated carbocycles. The van der Waals surface area contributed by atoms with E-state index in [1.807, 2.05) is 69.3 Å². The number of aromatic nitrogens is 1. The van der Waals surface area contributed by atoms with Crippen molar-refractivity contribution < 1.29 is 14.3 Å². The van der Waals surface area contributed by atoms with Gasteiger partial charge in [0, 0.05) is 23.6 Å². The third kappa shape index (κ3) is 4.38. The van der Waals surface area contributed by atoms with Crippen LogP contribution in [-0.4, -0.2) is 41.5 Å². The van der Waals surface area contributed by atoms with Crippen molar-refractivity contribution in [2.45, 2.75) is 20.8 Å². The van der Waals surface area contributed by atoms with Crippen LogP contribution in [0, 0.1) is 13.8 Å². The molecule has 3 rings (SSSR count). The molecule has 0 spiro atoms. The highest BCUT2D eigenvalue weighted by Gasteiger charge is 2.23. The fourth-order valence-corrected chi connectivity index (χ4v) is 3.56. The molecule has 2 amide bonds. The Bertz CT molecular complexity index is 1040. The van der Waals surface area contributed by atoms with E-state index in [-0.39, 0.29) is 18.4 Å². The summed E-state index contributed by atoms with van der Waals surface area (Å²) in [6, 6.07) is 19.0. The van der Waals surface area contributed by atoms with Crippen molar-refractivity contribution in [1.29, 1.82) is 0 Å². The van der Waals surface area contributed by atoms with Gasteiger partial charge in [-0.05, 0) is 51.1 Å². The lowest BCUT2D eigenvalue weighted by Crippen LogP contribution is -2.38. The number of nitrogens with zero attached hydrogens (tertiary/aromatic N) is 2. The molecule has 3 aromatic rings. The minimum Gasteiger partial charge on any atom is -0.495 e. The third-order valence-corrected chi connectivity index (χ3v) is 5.06. The van der Waals surface area contributed by atoms with E-state index in [0.717, 1.165) is 17.1 Å². The molecular formula is C24H27N3O3. The van der Waals surface area contributed by atoms with Crippen LogP contribution < -0.4 is 10.1 Å². The topological polar surface area (TPSA) is 63.6 Å². The number of para-hydroxylation sites is 3. The number of anilines is 1. The maximum Gasteiger partial charge on any atom is 0.256 e. The van der Waals surface area contributed by atoms with Gasteiger partial charge in [0.2, 0.25) is 5.91 Å². The van der Waals surface area contributed by atoms with Gasteiger partial charge in [-0.25, -0.2) is 0 Å². The molecule has 0 bridgehead atoms. The molecule has 1 N–H and O–H groups in total. The van der Waals surface area contributed by atoms with Crippen molar-refractivity contribution in [3.63, 3.8) is 0 Å². The fraction of sp³-hybridized carbons (Fsp3) is 0.250. The maximum absolute atomic E-state index is 13.2. The van der Waals surface area contributed by atoms with Crippen molar-refractivity contribution in [3.05, 3.63) is 77.6 Å². The predicted octanol–water partition coefficient (Wildman–Crippen LogP) is 4.20. The number of carbonyl (C=O) groups is 2. The molecule has 0 saturated heterocycles. The Labute approximate surface area is 177 Å². The number of benzene rings is 2. The Hall–Kier alpha value is -3.54. The second-order valence-electron chi connectivity index (χ2n) is 7.02. The van der Waals surface area contributed by atoms with Gasteiger partial charge >= 0.3 is 0 Å². The number of likely N-dealkylation sites (N-methyl/N-ethyl adjacent to an activating group) is 1. The van der Waals surface area contributed by atoms with Crippen molar-refractivity contribution in [2.75, 3.05) is 25.5 Å². The Morgan fingerprint density at radius 2 is 1.70 bits per heavy atom. The van der Waals surface area contributed by atoms with Crippen LogP contribution in [0.25, 0.3) is 5.69 Å². The summed E-state index contributed by atoms with van der Waals surface area (Å²) in [5.74, 6) is 0.140. The lowest BCUT2D eigenvalue weighted by Gasteiger charge is -2.21. The first kappa shape index (κ1) is 21.2. The number of nitrogens with one attached hydrogen (secondary N) is 1. The molecule has 1 heterocycles. The molecule has 0 fully saturated rings. The first-order chi connectivity index (χ1) is 14.5. The summed E-state index contributed by atoms with van der Waals surface area (Å²) in [4.78, 5) is 27.4. The van der Waals surface area contributed by atoms with E-state index in [4.69, 9.17) is 4.74 Å². The first-order valence-electron chi connectivity index (χ1n) is 9.92. The van der Waals surface area contributed by atoms with Crippen molar-refractivity contribution in [2.24, 2.45) is 0 Å². The molecule has 0 unspecified atom stereocenters. The quantitative estimate of drug-likeness (QED) is 0.641. The number of carbonyl (C=O) groups excluding carboxylic acids is 2. The molecule has 0 aliphatic heterocycles. The number of hydrogen-bond donors (Lipinski definition) is 1. The highest BCUT2D eigenvalue weighted by molar-refractivity contribution is 6.00. The van der Waals surface area contributed by atoms with Crippen LogP contribution in [0.3, 0.4) is 0 Å². The van der Waals surface area contributed by atoms with Gasteiger partial charge in [-0.2, -0.15) is 0 Å². The van der Waals surface area contributed by atoms with Gasteiger partial charge in [-0.1, -0.05) is 30.3 Å². The summed E-state index contributed by atoms with van der Waals surface area (Å²) in [6.45, 7) is 6.15. The molecule has 0 aliphatic rings. The minimum atomic E-state index is -0.272. The van der Waals surface area contributed by atoms with Crippen LogP contribution in [0.1, 0.15) is 28.7 Å². The molecule has 2 aromatic carbocycles. The number of aryl methyl sites for hydroxylation is 1. The molecule has 156 valence electrons. The molecule has 1 aromatic heterocycles. The van der Waals surface area contributed by atoms with E-state index in [0.29, 0.717) is 23.5 Å². The number of rotatable bonds is 7. The van der Waals surface area contributed by atoms with Crippen molar-refractivity contribution in [1.82, 2.24) is 9.47 Å². The van der Waals surface area contributed by atoms with E-state index in [1.165, 1.54) is 0 Å². The third-order valence-electron chi connectivity index (χ3n) is 5.06. The Morgan fingerprint density at radius 3 is 2.37 bits per heavy atom. The van der Waals surface area contributed by atoms with Crippen LogP contribution >= 0.6 is 0 Å². The highest BCUT2D eigenvalue weighted by Crippen LogP contribution is 2.24. The summed E-state index contributed by atoms with van der Waals surface area (Å²) in [5.41, 5.74) is 4.01. The van der Waals surface area contributed by atoms with E-state index in [9.17, 15) is 9.59 Å². The minimum absolute atomic E-state index is 0.0393. The zero-order valence-electron chi connectivity index (χ0n) is 17.8. The van der Waals surface area contributed by atoms with Crippen LogP contribution in [0.15, 0.2) is 60.7 Å². The number of hydrogen-bond acceptors (Lipinski definition) is 3.